The summed E-state index contributed by atoms with van der Waals surface area (Å²) in [5.41, 5.74) is 1.58. The van der Waals surface area contributed by atoms with Crippen LogP contribution in [0.1, 0.15) is 11.1 Å². The molecule has 0 atom stereocenters. The Bertz CT molecular complexity index is 903. The number of benzene rings is 1. The molecule has 0 unspecified atom stereocenters. The number of hydrogen-bond acceptors (Lipinski definition) is 5. The molecule has 6 nitrogen and oxygen atoms in total. The van der Waals surface area contributed by atoms with Gasteiger partial charge in [0.05, 0.1) is 0 Å². The van der Waals surface area contributed by atoms with Gasteiger partial charge in [0.15, 0.2) is 5.84 Å². The molecule has 7 heteroatoms. The summed E-state index contributed by atoms with van der Waals surface area (Å²) >= 11 is 0. The minimum absolute atomic E-state index is 0.268. The van der Waals surface area contributed by atoms with Crippen molar-refractivity contribution >= 4 is 5.84 Å². The van der Waals surface area contributed by atoms with Crippen LogP contribution < -0.4 is 4.74 Å². The first-order valence-electron chi connectivity index (χ1n) is 7.87. The highest BCUT2D eigenvalue weighted by atomic mass is 19.1. The van der Waals surface area contributed by atoms with Gasteiger partial charge < -0.3 is 14.8 Å². The Labute approximate surface area is 150 Å². The highest BCUT2D eigenvalue weighted by Crippen LogP contribution is 2.21. The lowest BCUT2D eigenvalue weighted by molar-refractivity contribution is 0.306. The lowest BCUT2D eigenvalue weighted by atomic mass is 10.2. The molecule has 0 aliphatic rings. The number of amidine groups is 1. The van der Waals surface area contributed by atoms with E-state index in [1.807, 2.05) is 12.1 Å². The van der Waals surface area contributed by atoms with Gasteiger partial charge in [-0.25, -0.2) is 9.37 Å². The molecule has 3 rings (SSSR count). The van der Waals surface area contributed by atoms with Crippen molar-refractivity contribution in [2.75, 3.05) is 7.05 Å². The van der Waals surface area contributed by atoms with Crippen molar-refractivity contribution in [3.63, 3.8) is 0 Å². The van der Waals surface area contributed by atoms with Crippen LogP contribution in [-0.4, -0.2) is 33.0 Å². The Morgan fingerprint density at radius 3 is 2.81 bits per heavy atom. The van der Waals surface area contributed by atoms with Gasteiger partial charge in [0.25, 0.3) is 0 Å². The summed E-state index contributed by atoms with van der Waals surface area (Å²) < 4.78 is 18.9. The molecule has 0 radical (unpaired) electrons. The van der Waals surface area contributed by atoms with Crippen LogP contribution in [0.5, 0.6) is 11.6 Å². The third-order valence-corrected chi connectivity index (χ3v) is 3.61. The van der Waals surface area contributed by atoms with Gasteiger partial charge in [-0.2, -0.15) is 0 Å². The van der Waals surface area contributed by atoms with Gasteiger partial charge in [-0.3, -0.25) is 4.98 Å². The quantitative estimate of drug-likeness (QED) is 0.328. The molecule has 132 valence electrons. The largest absolute Gasteiger partial charge is 0.439 e. The zero-order chi connectivity index (χ0) is 18.4. The van der Waals surface area contributed by atoms with Gasteiger partial charge in [0, 0.05) is 49.9 Å². The molecule has 0 fully saturated rings. The first kappa shape index (κ1) is 17.3. The summed E-state index contributed by atoms with van der Waals surface area (Å²) in [5.74, 6) is 0.553. The summed E-state index contributed by atoms with van der Waals surface area (Å²) in [6, 6.07) is 12.9. The third-order valence-electron chi connectivity index (χ3n) is 3.61. The van der Waals surface area contributed by atoms with Gasteiger partial charge in [0.1, 0.15) is 11.6 Å². The van der Waals surface area contributed by atoms with E-state index in [-0.39, 0.29) is 5.88 Å². The molecule has 26 heavy (non-hydrogen) atoms. The van der Waals surface area contributed by atoms with E-state index >= 15 is 0 Å². The van der Waals surface area contributed by atoms with E-state index in [2.05, 4.69) is 15.1 Å². The molecule has 2 aromatic heterocycles. The SMILES string of the molecule is CN(Cc1cccnc1)/C(=N\O)c1ccnc(Oc2cccc(F)c2)c1. The van der Waals surface area contributed by atoms with E-state index in [0.29, 0.717) is 23.7 Å². The van der Waals surface area contributed by atoms with Crippen molar-refractivity contribution in [2.45, 2.75) is 6.54 Å². The van der Waals surface area contributed by atoms with Crippen molar-refractivity contribution in [1.82, 2.24) is 14.9 Å². The van der Waals surface area contributed by atoms with Gasteiger partial charge >= 0.3 is 0 Å². The minimum atomic E-state index is -0.396. The summed E-state index contributed by atoms with van der Waals surface area (Å²) in [6.45, 7) is 0.510. The smallest absolute Gasteiger partial charge is 0.219 e. The van der Waals surface area contributed by atoms with Crippen LogP contribution in [0.4, 0.5) is 4.39 Å². The third kappa shape index (κ3) is 4.32. The first-order valence-corrected chi connectivity index (χ1v) is 7.87. The number of aromatic nitrogens is 2. The number of nitrogens with zero attached hydrogens (tertiary/aromatic N) is 4. The van der Waals surface area contributed by atoms with Crippen LogP contribution in [0.25, 0.3) is 0 Å². The van der Waals surface area contributed by atoms with E-state index in [9.17, 15) is 9.60 Å². The molecule has 2 heterocycles. The average molecular weight is 352 g/mol. The van der Waals surface area contributed by atoms with Gasteiger partial charge in [-0.05, 0) is 29.8 Å². The normalized spacial score (nSPS) is 11.2. The van der Waals surface area contributed by atoms with Crippen LogP contribution in [0.2, 0.25) is 0 Å². The van der Waals surface area contributed by atoms with Crippen LogP contribution in [-0.2, 0) is 6.54 Å². The Morgan fingerprint density at radius 2 is 2.08 bits per heavy atom. The number of hydrogen-bond donors (Lipinski definition) is 1. The molecule has 0 aliphatic heterocycles. The highest BCUT2D eigenvalue weighted by Gasteiger charge is 2.13. The molecule has 1 N–H and O–H groups in total. The molecule has 1 aromatic carbocycles. The molecule has 0 saturated heterocycles. The lowest BCUT2D eigenvalue weighted by Gasteiger charge is -2.20. The second-order valence-electron chi connectivity index (χ2n) is 5.58. The summed E-state index contributed by atoms with van der Waals surface area (Å²) in [5, 5.41) is 12.9. The summed E-state index contributed by atoms with van der Waals surface area (Å²) in [4.78, 5) is 9.96. The molecule has 0 bridgehead atoms. The fourth-order valence-corrected chi connectivity index (χ4v) is 2.45. The van der Waals surface area contributed by atoms with Gasteiger partial charge in [-0.15, -0.1) is 0 Å². The number of rotatable bonds is 5. The fraction of sp³-hybridized carbons (Fsp3) is 0.105. The minimum Gasteiger partial charge on any atom is -0.439 e. The van der Waals surface area contributed by atoms with Crippen molar-refractivity contribution in [3.05, 3.63) is 84.1 Å². The van der Waals surface area contributed by atoms with E-state index < -0.39 is 5.82 Å². The maximum atomic E-state index is 13.3. The van der Waals surface area contributed by atoms with Crippen molar-refractivity contribution in [2.24, 2.45) is 5.16 Å². The fourth-order valence-electron chi connectivity index (χ4n) is 2.45. The maximum Gasteiger partial charge on any atom is 0.219 e. The number of pyridine rings is 2. The predicted molar refractivity (Wildman–Crippen MR) is 94.7 cm³/mol. The number of halogens is 1. The lowest BCUT2D eigenvalue weighted by Crippen LogP contribution is -2.27. The average Bonchev–Trinajstić information content (AvgIpc) is 2.63. The van der Waals surface area contributed by atoms with E-state index in [0.717, 1.165) is 5.56 Å². The van der Waals surface area contributed by atoms with Crippen LogP contribution in [0, 0.1) is 5.82 Å². The van der Waals surface area contributed by atoms with Gasteiger partial charge in [-0.1, -0.05) is 17.3 Å². The Morgan fingerprint density at radius 1 is 1.19 bits per heavy atom. The predicted octanol–water partition coefficient (Wildman–Crippen LogP) is 3.68. The standard InChI is InChI=1S/C19H17FN4O2/c1-24(13-14-4-3-8-21-12-14)19(23-25)15-7-9-22-18(10-15)26-17-6-2-5-16(20)11-17/h2-12,25H,13H2,1H3/b23-19-. The molecule has 0 saturated carbocycles. The van der Waals surface area contributed by atoms with Crippen molar-refractivity contribution < 1.29 is 14.3 Å². The van der Waals surface area contributed by atoms with Gasteiger partial charge in [0.2, 0.25) is 5.88 Å². The van der Waals surface area contributed by atoms with Crippen LogP contribution in [0.15, 0.2) is 72.3 Å². The Balaban J connectivity index is 1.79. The Kier molecular flexibility index (Phi) is 5.38. The maximum absolute atomic E-state index is 13.3. The molecule has 0 amide bonds. The highest BCUT2D eigenvalue weighted by molar-refractivity contribution is 5.98. The van der Waals surface area contributed by atoms with E-state index in [4.69, 9.17) is 4.74 Å². The van der Waals surface area contributed by atoms with E-state index in [1.54, 1.807) is 48.6 Å². The first-order chi connectivity index (χ1) is 12.7. The zero-order valence-electron chi connectivity index (χ0n) is 14.1. The summed E-state index contributed by atoms with van der Waals surface area (Å²) in [6.07, 6.45) is 4.98. The zero-order valence-corrected chi connectivity index (χ0v) is 14.1. The topological polar surface area (TPSA) is 70.8 Å². The van der Waals surface area contributed by atoms with E-state index in [1.165, 1.54) is 18.3 Å². The monoisotopic (exact) mass is 352 g/mol. The second kappa shape index (κ2) is 8.06. The van der Waals surface area contributed by atoms with Crippen molar-refractivity contribution in [3.8, 4) is 11.6 Å². The number of ether oxygens (including phenoxy) is 1. The molecule has 3 aromatic rings. The van der Waals surface area contributed by atoms with Crippen molar-refractivity contribution in [1.29, 1.82) is 0 Å². The second-order valence-corrected chi connectivity index (χ2v) is 5.58. The summed E-state index contributed by atoms with van der Waals surface area (Å²) in [7, 11) is 1.80. The molecular formula is C19H17FN4O2. The van der Waals surface area contributed by atoms with Crippen LogP contribution >= 0.6 is 0 Å². The molecular weight excluding hydrogens is 335 g/mol. The number of oxime groups is 1. The van der Waals surface area contributed by atoms with Crippen LogP contribution in [0.3, 0.4) is 0 Å². The molecule has 0 aliphatic carbocycles. The molecule has 0 spiro atoms. The Hall–Kier alpha value is -3.48.